The van der Waals surface area contributed by atoms with Crippen molar-refractivity contribution in [2.24, 2.45) is 0 Å². The van der Waals surface area contributed by atoms with Crippen molar-refractivity contribution >= 4 is 12.1 Å². The Morgan fingerprint density at radius 1 is 1.32 bits per heavy atom. The summed E-state index contributed by atoms with van der Waals surface area (Å²) in [7, 11) is 1.31. The Labute approximate surface area is 132 Å². The molecule has 22 heavy (non-hydrogen) atoms. The Bertz CT molecular complexity index is 450. The van der Waals surface area contributed by atoms with Gasteiger partial charge in [0.05, 0.1) is 7.11 Å². The Morgan fingerprint density at radius 2 is 1.95 bits per heavy atom. The van der Waals surface area contributed by atoms with Crippen molar-refractivity contribution in [1.29, 1.82) is 0 Å². The van der Waals surface area contributed by atoms with E-state index in [1.807, 2.05) is 6.92 Å². The topological polar surface area (TPSA) is 76.1 Å². The SMILES string of the molecule is COC(=O)[C@@H]1C(CCCCO)=C(C)CN1C(=O)OC(C)(C)C. The number of methoxy groups -OCH3 is 1. The van der Waals surface area contributed by atoms with Crippen LogP contribution in [0.2, 0.25) is 0 Å². The molecule has 0 aliphatic carbocycles. The summed E-state index contributed by atoms with van der Waals surface area (Å²) in [4.78, 5) is 25.9. The Morgan fingerprint density at radius 3 is 2.45 bits per heavy atom. The normalized spacial score (nSPS) is 18.6. The number of carbonyl (C=O) groups excluding carboxylic acids is 2. The minimum absolute atomic E-state index is 0.116. The van der Waals surface area contributed by atoms with Gasteiger partial charge in [0.2, 0.25) is 0 Å². The van der Waals surface area contributed by atoms with Crippen LogP contribution in [-0.4, -0.2) is 54.0 Å². The van der Waals surface area contributed by atoms with Gasteiger partial charge in [-0.05, 0) is 52.5 Å². The van der Waals surface area contributed by atoms with Gasteiger partial charge in [0, 0.05) is 13.2 Å². The standard InChI is InChI=1S/C16H27NO5/c1-11-10-17(15(20)22-16(2,3)4)13(14(19)21-5)12(11)8-6-7-9-18/h13,18H,6-10H2,1-5H3/t13-/m0/s1. The molecule has 6 nitrogen and oxygen atoms in total. The maximum absolute atomic E-state index is 12.3. The van der Waals surface area contributed by atoms with E-state index in [0.717, 1.165) is 17.6 Å². The van der Waals surface area contributed by atoms with Crippen LogP contribution in [0.1, 0.15) is 47.0 Å². The molecule has 0 saturated heterocycles. The molecule has 1 aliphatic heterocycles. The predicted molar refractivity (Wildman–Crippen MR) is 82.4 cm³/mol. The second-order valence-corrected chi connectivity index (χ2v) is 6.52. The number of unbranched alkanes of at least 4 members (excludes halogenated alkanes) is 1. The van der Waals surface area contributed by atoms with Gasteiger partial charge < -0.3 is 14.6 Å². The third kappa shape index (κ3) is 4.73. The highest BCUT2D eigenvalue weighted by Crippen LogP contribution is 2.30. The van der Waals surface area contributed by atoms with E-state index < -0.39 is 23.7 Å². The van der Waals surface area contributed by atoms with Crippen LogP contribution in [0.25, 0.3) is 0 Å². The summed E-state index contributed by atoms with van der Waals surface area (Å²) in [6, 6.07) is -0.724. The molecule has 0 spiro atoms. The summed E-state index contributed by atoms with van der Waals surface area (Å²) >= 11 is 0. The van der Waals surface area contributed by atoms with Crippen molar-refractivity contribution < 1.29 is 24.2 Å². The zero-order valence-electron chi connectivity index (χ0n) is 14.1. The Hall–Kier alpha value is -1.56. The number of nitrogens with zero attached hydrogens (tertiary/aromatic N) is 1. The van der Waals surface area contributed by atoms with Gasteiger partial charge in [-0.15, -0.1) is 0 Å². The number of rotatable bonds is 5. The van der Waals surface area contributed by atoms with E-state index in [9.17, 15) is 9.59 Å². The molecule has 0 radical (unpaired) electrons. The molecule has 6 heteroatoms. The fourth-order valence-electron chi connectivity index (χ4n) is 2.52. The van der Waals surface area contributed by atoms with Gasteiger partial charge in [-0.3, -0.25) is 4.90 Å². The molecule has 0 aromatic rings. The summed E-state index contributed by atoms with van der Waals surface area (Å²) in [5.74, 6) is -0.457. The van der Waals surface area contributed by atoms with Gasteiger partial charge in [0.25, 0.3) is 0 Å². The quantitative estimate of drug-likeness (QED) is 0.478. The smallest absolute Gasteiger partial charge is 0.411 e. The van der Waals surface area contributed by atoms with Crippen LogP contribution < -0.4 is 0 Å². The van der Waals surface area contributed by atoms with Crippen LogP contribution in [0.4, 0.5) is 4.79 Å². The molecular weight excluding hydrogens is 286 g/mol. The van der Waals surface area contributed by atoms with Crippen molar-refractivity contribution in [2.75, 3.05) is 20.3 Å². The van der Waals surface area contributed by atoms with Crippen LogP contribution >= 0.6 is 0 Å². The number of aliphatic hydroxyl groups is 1. The third-order valence-electron chi connectivity index (χ3n) is 3.50. The lowest BCUT2D eigenvalue weighted by atomic mass is 9.99. The molecule has 0 fully saturated rings. The van der Waals surface area contributed by atoms with Crippen molar-refractivity contribution in [3.05, 3.63) is 11.1 Å². The maximum atomic E-state index is 12.3. The van der Waals surface area contributed by atoms with Crippen molar-refractivity contribution in [3.63, 3.8) is 0 Å². The average molecular weight is 313 g/mol. The molecule has 1 aliphatic rings. The first-order valence-electron chi connectivity index (χ1n) is 7.58. The number of esters is 1. The van der Waals surface area contributed by atoms with Crippen LogP contribution in [0, 0.1) is 0 Å². The minimum atomic E-state index is -0.724. The largest absolute Gasteiger partial charge is 0.467 e. The number of ether oxygens (including phenoxy) is 2. The molecule has 126 valence electrons. The van der Waals surface area contributed by atoms with Gasteiger partial charge in [0.15, 0.2) is 6.04 Å². The van der Waals surface area contributed by atoms with Gasteiger partial charge in [0.1, 0.15) is 5.60 Å². The van der Waals surface area contributed by atoms with E-state index in [1.165, 1.54) is 12.0 Å². The Balaban J connectivity index is 2.92. The lowest BCUT2D eigenvalue weighted by molar-refractivity contribution is -0.144. The molecule has 0 aromatic heterocycles. The number of hydrogen-bond acceptors (Lipinski definition) is 5. The molecule has 1 amide bonds. The zero-order chi connectivity index (χ0) is 16.9. The first-order valence-corrected chi connectivity index (χ1v) is 7.58. The first kappa shape index (κ1) is 18.5. The lowest BCUT2D eigenvalue weighted by Gasteiger charge is -2.28. The predicted octanol–water partition coefficient (Wildman–Crippen LogP) is 2.26. The van der Waals surface area contributed by atoms with E-state index in [4.69, 9.17) is 14.6 Å². The fourth-order valence-corrected chi connectivity index (χ4v) is 2.52. The molecule has 1 N–H and O–H groups in total. The molecule has 0 unspecified atom stereocenters. The fraction of sp³-hybridized carbons (Fsp3) is 0.750. The van der Waals surface area contributed by atoms with E-state index in [2.05, 4.69) is 0 Å². The minimum Gasteiger partial charge on any atom is -0.467 e. The van der Waals surface area contributed by atoms with Crippen LogP contribution in [0.15, 0.2) is 11.1 Å². The van der Waals surface area contributed by atoms with Gasteiger partial charge >= 0.3 is 12.1 Å². The average Bonchev–Trinajstić information content (AvgIpc) is 2.74. The number of carbonyl (C=O) groups is 2. The molecule has 0 saturated carbocycles. The van der Waals surface area contributed by atoms with Crippen molar-refractivity contribution in [1.82, 2.24) is 4.90 Å². The molecule has 1 atom stereocenters. The van der Waals surface area contributed by atoms with E-state index in [0.29, 0.717) is 19.4 Å². The third-order valence-corrected chi connectivity index (χ3v) is 3.50. The van der Waals surface area contributed by atoms with Crippen molar-refractivity contribution in [3.8, 4) is 0 Å². The monoisotopic (exact) mass is 313 g/mol. The highest BCUT2D eigenvalue weighted by molar-refractivity contribution is 5.86. The van der Waals surface area contributed by atoms with E-state index >= 15 is 0 Å². The summed E-state index contributed by atoms with van der Waals surface area (Å²) in [6.07, 6.45) is 1.57. The summed E-state index contributed by atoms with van der Waals surface area (Å²) in [6.45, 7) is 7.76. The summed E-state index contributed by atoms with van der Waals surface area (Å²) in [5, 5.41) is 8.90. The summed E-state index contributed by atoms with van der Waals surface area (Å²) in [5.41, 5.74) is 1.26. The molecule has 0 aromatic carbocycles. The number of amides is 1. The zero-order valence-corrected chi connectivity index (χ0v) is 14.1. The molecular formula is C16H27NO5. The van der Waals surface area contributed by atoms with E-state index in [-0.39, 0.29) is 6.61 Å². The second kappa shape index (κ2) is 7.63. The highest BCUT2D eigenvalue weighted by Gasteiger charge is 2.41. The lowest BCUT2D eigenvalue weighted by Crippen LogP contribution is -2.45. The molecule has 0 bridgehead atoms. The van der Waals surface area contributed by atoms with Crippen LogP contribution in [0.3, 0.4) is 0 Å². The van der Waals surface area contributed by atoms with Crippen molar-refractivity contribution in [2.45, 2.75) is 58.6 Å². The first-order chi connectivity index (χ1) is 10.2. The second-order valence-electron chi connectivity index (χ2n) is 6.52. The van der Waals surface area contributed by atoms with Gasteiger partial charge in [-0.1, -0.05) is 5.57 Å². The van der Waals surface area contributed by atoms with Gasteiger partial charge in [-0.2, -0.15) is 0 Å². The molecule has 1 rings (SSSR count). The van der Waals surface area contributed by atoms with E-state index in [1.54, 1.807) is 20.8 Å². The van der Waals surface area contributed by atoms with Crippen LogP contribution in [0.5, 0.6) is 0 Å². The van der Waals surface area contributed by atoms with Crippen LogP contribution in [-0.2, 0) is 14.3 Å². The Kier molecular flexibility index (Phi) is 6.41. The molecule has 1 heterocycles. The summed E-state index contributed by atoms with van der Waals surface area (Å²) < 4.78 is 10.2. The number of aliphatic hydroxyl groups excluding tert-OH is 1. The van der Waals surface area contributed by atoms with Gasteiger partial charge in [-0.25, -0.2) is 9.59 Å². The highest BCUT2D eigenvalue weighted by atomic mass is 16.6. The number of hydrogen-bond donors (Lipinski definition) is 1. The maximum Gasteiger partial charge on any atom is 0.411 e.